The van der Waals surface area contributed by atoms with Gasteiger partial charge < -0.3 is 10.1 Å². The van der Waals surface area contributed by atoms with Crippen molar-refractivity contribution in [2.24, 2.45) is 0 Å². The van der Waals surface area contributed by atoms with Crippen LogP contribution < -0.4 is 15.0 Å². The van der Waals surface area contributed by atoms with E-state index in [9.17, 15) is 9.59 Å². The van der Waals surface area contributed by atoms with Gasteiger partial charge in [-0.1, -0.05) is 43.0 Å². The summed E-state index contributed by atoms with van der Waals surface area (Å²) in [5, 5.41) is 3.73. The molecule has 8 heteroatoms. The minimum atomic E-state index is -0.929. The SMILES string of the molecule is COc1ccc(N(C(=O)c2cnccn2)[C@H](C(=O)NC2CCCCC2)c2ccc(Cl)cc2)cc1. The highest BCUT2D eigenvalue weighted by atomic mass is 35.5. The van der Waals surface area contributed by atoms with Crippen LogP contribution in [-0.4, -0.2) is 34.9 Å². The van der Waals surface area contributed by atoms with Gasteiger partial charge in [0.1, 0.15) is 17.5 Å². The minimum Gasteiger partial charge on any atom is -0.497 e. The molecule has 1 fully saturated rings. The smallest absolute Gasteiger partial charge is 0.279 e. The highest BCUT2D eigenvalue weighted by Crippen LogP contribution is 2.32. The highest BCUT2D eigenvalue weighted by molar-refractivity contribution is 6.30. The van der Waals surface area contributed by atoms with E-state index < -0.39 is 11.9 Å². The standard InChI is InChI=1S/C26H27ClN4O3/c1-34-22-13-11-21(12-14-22)31(26(33)23-17-28-15-16-29-23)24(18-7-9-19(27)10-8-18)25(32)30-20-5-3-2-4-6-20/h7-17,20,24H,2-6H2,1H3,(H,30,32)/t24-/m0/s1. The number of hydrogen-bond acceptors (Lipinski definition) is 5. The van der Waals surface area contributed by atoms with Gasteiger partial charge in [0, 0.05) is 29.1 Å². The molecule has 1 N–H and O–H groups in total. The van der Waals surface area contributed by atoms with Crippen LogP contribution in [0, 0.1) is 0 Å². The van der Waals surface area contributed by atoms with Crippen LogP contribution in [0.15, 0.2) is 67.1 Å². The second kappa shape index (κ2) is 11.1. The van der Waals surface area contributed by atoms with Gasteiger partial charge >= 0.3 is 0 Å². The lowest BCUT2D eigenvalue weighted by atomic mass is 9.94. The molecule has 7 nitrogen and oxygen atoms in total. The number of carbonyl (C=O) groups is 2. The van der Waals surface area contributed by atoms with E-state index in [2.05, 4.69) is 15.3 Å². The fourth-order valence-corrected chi connectivity index (χ4v) is 4.38. The molecule has 1 aromatic heterocycles. The molecule has 3 aromatic rings. The van der Waals surface area contributed by atoms with Crippen LogP contribution in [0.2, 0.25) is 5.02 Å². The predicted molar refractivity (Wildman–Crippen MR) is 131 cm³/mol. The number of rotatable bonds is 7. The van der Waals surface area contributed by atoms with Gasteiger partial charge in [0.05, 0.1) is 13.3 Å². The minimum absolute atomic E-state index is 0.0837. The Kier molecular flexibility index (Phi) is 7.75. The number of halogens is 1. The lowest BCUT2D eigenvalue weighted by Gasteiger charge is -2.33. The van der Waals surface area contributed by atoms with Crippen molar-refractivity contribution in [3.63, 3.8) is 0 Å². The third-order valence-electron chi connectivity index (χ3n) is 6.00. The third-order valence-corrected chi connectivity index (χ3v) is 6.25. The number of ether oxygens (including phenoxy) is 1. The van der Waals surface area contributed by atoms with Crippen molar-refractivity contribution in [1.82, 2.24) is 15.3 Å². The second-order valence-corrected chi connectivity index (χ2v) is 8.70. The molecule has 2 amide bonds. The molecule has 0 unspecified atom stereocenters. The Bertz CT molecular complexity index is 1100. The molecule has 1 aliphatic rings. The number of amides is 2. The van der Waals surface area contributed by atoms with Gasteiger partial charge in [-0.15, -0.1) is 0 Å². The third kappa shape index (κ3) is 5.54. The number of nitrogens with zero attached hydrogens (tertiary/aromatic N) is 3. The Morgan fingerprint density at radius 3 is 2.35 bits per heavy atom. The molecule has 4 rings (SSSR count). The molecule has 176 valence electrons. The van der Waals surface area contributed by atoms with Crippen LogP contribution in [0.4, 0.5) is 5.69 Å². The Labute approximate surface area is 204 Å². The molecule has 2 aromatic carbocycles. The summed E-state index contributed by atoms with van der Waals surface area (Å²) in [7, 11) is 1.58. The van der Waals surface area contributed by atoms with E-state index in [1.165, 1.54) is 29.9 Å². The number of aromatic nitrogens is 2. The summed E-state index contributed by atoms with van der Waals surface area (Å²) < 4.78 is 5.28. The maximum absolute atomic E-state index is 13.8. The molecule has 0 spiro atoms. The Hall–Kier alpha value is -3.45. The number of carbonyl (C=O) groups excluding carboxylic acids is 2. The van der Waals surface area contributed by atoms with Crippen molar-refractivity contribution in [2.75, 3.05) is 12.0 Å². The summed E-state index contributed by atoms with van der Waals surface area (Å²) in [6, 6.07) is 13.2. The zero-order valence-electron chi connectivity index (χ0n) is 19.0. The maximum atomic E-state index is 13.8. The first-order valence-electron chi connectivity index (χ1n) is 11.4. The molecule has 0 aliphatic heterocycles. The summed E-state index contributed by atoms with van der Waals surface area (Å²) in [5.74, 6) is -0.0374. The Balaban J connectivity index is 1.79. The summed E-state index contributed by atoms with van der Waals surface area (Å²) in [4.78, 5) is 37.2. The van der Waals surface area contributed by atoms with E-state index >= 15 is 0 Å². The van der Waals surface area contributed by atoms with E-state index in [0.29, 0.717) is 22.0 Å². The van der Waals surface area contributed by atoms with E-state index in [1.807, 2.05) is 0 Å². The first-order valence-corrected chi connectivity index (χ1v) is 11.7. The summed E-state index contributed by atoms with van der Waals surface area (Å²) in [5.41, 5.74) is 1.32. The number of nitrogens with one attached hydrogen (secondary N) is 1. The molecule has 0 bridgehead atoms. The molecule has 1 aliphatic carbocycles. The topological polar surface area (TPSA) is 84.4 Å². The van der Waals surface area contributed by atoms with Crippen LogP contribution in [0.3, 0.4) is 0 Å². The molecule has 0 saturated heterocycles. The van der Waals surface area contributed by atoms with Gasteiger partial charge in [-0.2, -0.15) is 0 Å². The molecule has 1 heterocycles. The number of hydrogen-bond donors (Lipinski definition) is 1. The molecular formula is C26H27ClN4O3. The molecule has 34 heavy (non-hydrogen) atoms. The average molecular weight is 479 g/mol. The number of anilines is 1. The fourth-order valence-electron chi connectivity index (χ4n) is 4.25. The lowest BCUT2D eigenvalue weighted by Crippen LogP contribution is -2.47. The number of methoxy groups -OCH3 is 1. The highest BCUT2D eigenvalue weighted by Gasteiger charge is 2.35. The fraction of sp³-hybridized carbons (Fsp3) is 0.308. The van der Waals surface area contributed by atoms with Gasteiger partial charge in [-0.05, 0) is 54.8 Å². The largest absolute Gasteiger partial charge is 0.497 e. The van der Waals surface area contributed by atoms with Gasteiger partial charge in [-0.3, -0.25) is 19.5 Å². The van der Waals surface area contributed by atoms with Gasteiger partial charge in [-0.25, -0.2) is 4.98 Å². The van der Waals surface area contributed by atoms with Crippen molar-refractivity contribution in [3.8, 4) is 5.75 Å². The van der Waals surface area contributed by atoms with E-state index in [0.717, 1.165) is 25.7 Å². The van der Waals surface area contributed by atoms with Crippen LogP contribution in [0.25, 0.3) is 0 Å². The lowest BCUT2D eigenvalue weighted by molar-refractivity contribution is -0.123. The molecule has 1 atom stereocenters. The van der Waals surface area contributed by atoms with Crippen LogP contribution >= 0.6 is 11.6 Å². The van der Waals surface area contributed by atoms with Gasteiger partial charge in [0.25, 0.3) is 5.91 Å². The molecular weight excluding hydrogens is 452 g/mol. The van der Waals surface area contributed by atoms with Crippen molar-refractivity contribution in [2.45, 2.75) is 44.2 Å². The first-order chi connectivity index (χ1) is 16.6. The van der Waals surface area contributed by atoms with Crippen molar-refractivity contribution in [1.29, 1.82) is 0 Å². The zero-order chi connectivity index (χ0) is 23.9. The Morgan fingerprint density at radius 2 is 1.74 bits per heavy atom. The maximum Gasteiger partial charge on any atom is 0.279 e. The Morgan fingerprint density at radius 1 is 1.03 bits per heavy atom. The van der Waals surface area contributed by atoms with Crippen LogP contribution in [0.1, 0.15) is 54.2 Å². The predicted octanol–water partition coefficient (Wildman–Crippen LogP) is 4.98. The summed E-state index contributed by atoms with van der Waals surface area (Å²) in [6.45, 7) is 0. The first kappa shape index (κ1) is 23.7. The quantitative estimate of drug-likeness (QED) is 0.518. The zero-order valence-corrected chi connectivity index (χ0v) is 19.7. The van der Waals surface area contributed by atoms with Crippen LogP contribution in [-0.2, 0) is 4.79 Å². The van der Waals surface area contributed by atoms with E-state index in [1.54, 1.807) is 55.6 Å². The number of benzene rings is 2. The van der Waals surface area contributed by atoms with Crippen LogP contribution in [0.5, 0.6) is 5.75 Å². The van der Waals surface area contributed by atoms with Crippen molar-refractivity contribution >= 4 is 29.1 Å². The van der Waals surface area contributed by atoms with Crippen molar-refractivity contribution < 1.29 is 14.3 Å². The van der Waals surface area contributed by atoms with Gasteiger partial charge in [0.15, 0.2) is 0 Å². The van der Waals surface area contributed by atoms with Gasteiger partial charge in [0.2, 0.25) is 5.91 Å². The molecule has 1 saturated carbocycles. The van der Waals surface area contributed by atoms with E-state index in [4.69, 9.17) is 16.3 Å². The monoisotopic (exact) mass is 478 g/mol. The second-order valence-electron chi connectivity index (χ2n) is 8.26. The van der Waals surface area contributed by atoms with E-state index in [-0.39, 0.29) is 17.6 Å². The molecule has 0 radical (unpaired) electrons. The average Bonchev–Trinajstić information content (AvgIpc) is 2.89. The van der Waals surface area contributed by atoms with Crippen molar-refractivity contribution in [3.05, 3.63) is 83.4 Å². The normalized spacial score (nSPS) is 14.8. The summed E-state index contributed by atoms with van der Waals surface area (Å²) >= 11 is 6.13. The summed E-state index contributed by atoms with van der Waals surface area (Å²) in [6.07, 6.45) is 9.56.